The molecule has 1 saturated carbocycles. The molecule has 3 nitrogen and oxygen atoms in total. The van der Waals surface area contributed by atoms with Gasteiger partial charge in [0.15, 0.2) is 5.96 Å². The quantitative estimate of drug-likeness (QED) is 0.614. The van der Waals surface area contributed by atoms with Crippen LogP contribution in [-0.2, 0) is 0 Å². The molecule has 3 atom stereocenters. The minimum absolute atomic E-state index is 0.677. The molecule has 0 amide bonds. The van der Waals surface area contributed by atoms with Crippen LogP contribution in [0.4, 0.5) is 0 Å². The van der Waals surface area contributed by atoms with Crippen molar-refractivity contribution >= 4 is 5.96 Å². The second-order valence-corrected chi connectivity index (χ2v) is 6.08. The predicted molar refractivity (Wildman–Crippen MR) is 77.8 cm³/mol. The summed E-state index contributed by atoms with van der Waals surface area (Å²) < 4.78 is 0. The van der Waals surface area contributed by atoms with E-state index in [-0.39, 0.29) is 0 Å². The molecule has 2 aliphatic rings. The van der Waals surface area contributed by atoms with Crippen LogP contribution in [0, 0.1) is 17.8 Å². The fourth-order valence-corrected chi connectivity index (χ4v) is 3.31. The smallest absolute Gasteiger partial charge is 0.193 e. The van der Waals surface area contributed by atoms with Crippen molar-refractivity contribution in [1.82, 2.24) is 10.2 Å². The Kier molecular flexibility index (Phi) is 4.52. The number of rotatable bonds is 4. The van der Waals surface area contributed by atoms with Crippen molar-refractivity contribution in [3.63, 3.8) is 0 Å². The largest absolute Gasteiger partial charge is 0.353 e. The van der Waals surface area contributed by atoms with E-state index in [0.717, 1.165) is 23.7 Å². The Balaban J connectivity index is 1.86. The van der Waals surface area contributed by atoms with Gasteiger partial charge in [-0.25, -0.2) is 0 Å². The van der Waals surface area contributed by atoms with E-state index in [9.17, 15) is 0 Å². The lowest BCUT2D eigenvalue weighted by Gasteiger charge is -2.24. The van der Waals surface area contributed by atoms with Crippen LogP contribution in [0.15, 0.2) is 4.99 Å². The summed E-state index contributed by atoms with van der Waals surface area (Å²) in [5.74, 6) is 3.74. The molecule has 1 N–H and O–H groups in total. The van der Waals surface area contributed by atoms with Gasteiger partial charge in [0.2, 0.25) is 0 Å². The first-order valence-electron chi connectivity index (χ1n) is 7.67. The molecule has 2 fully saturated rings. The monoisotopic (exact) mass is 251 g/mol. The molecule has 0 spiro atoms. The fourth-order valence-electron chi connectivity index (χ4n) is 3.31. The molecule has 0 aromatic heterocycles. The van der Waals surface area contributed by atoms with Gasteiger partial charge < -0.3 is 10.2 Å². The van der Waals surface area contributed by atoms with Gasteiger partial charge in [-0.05, 0) is 30.6 Å². The van der Waals surface area contributed by atoms with E-state index in [1.54, 1.807) is 0 Å². The molecule has 0 aromatic carbocycles. The van der Waals surface area contributed by atoms with Crippen LogP contribution in [0.1, 0.15) is 46.5 Å². The fraction of sp³-hybridized carbons (Fsp3) is 0.933. The number of hydrogen-bond acceptors (Lipinski definition) is 1. The first-order valence-corrected chi connectivity index (χ1v) is 7.67. The normalized spacial score (nSPS) is 32.2. The highest BCUT2D eigenvalue weighted by Gasteiger charge is 2.36. The van der Waals surface area contributed by atoms with E-state index >= 15 is 0 Å². The molecule has 2 rings (SSSR count). The Hall–Kier alpha value is -0.730. The summed E-state index contributed by atoms with van der Waals surface area (Å²) in [6.45, 7) is 9.35. The highest BCUT2D eigenvalue weighted by Crippen LogP contribution is 2.31. The van der Waals surface area contributed by atoms with E-state index in [2.05, 4.69) is 36.0 Å². The first kappa shape index (κ1) is 13.7. The van der Waals surface area contributed by atoms with Crippen LogP contribution < -0.4 is 5.32 Å². The standard InChI is InChI=1S/C15H29N3/c1-5-12(6-2)13-7-8-18(10-13)15(16-4)17-14-9-11(14)3/h11-14H,5-10H2,1-4H3,(H,16,17). The Labute approximate surface area is 112 Å². The molecule has 1 heterocycles. The number of likely N-dealkylation sites (tertiary alicyclic amines) is 1. The second-order valence-electron chi connectivity index (χ2n) is 6.08. The van der Waals surface area contributed by atoms with Crippen LogP contribution in [0.25, 0.3) is 0 Å². The maximum absolute atomic E-state index is 4.46. The van der Waals surface area contributed by atoms with Crippen LogP contribution in [0.3, 0.4) is 0 Å². The molecule has 3 heteroatoms. The number of aliphatic imine (C=N–C) groups is 1. The van der Waals surface area contributed by atoms with Crippen molar-refractivity contribution in [2.24, 2.45) is 22.7 Å². The topological polar surface area (TPSA) is 27.6 Å². The molecular formula is C15H29N3. The number of guanidine groups is 1. The zero-order valence-electron chi connectivity index (χ0n) is 12.4. The minimum Gasteiger partial charge on any atom is -0.353 e. The number of hydrogen-bond donors (Lipinski definition) is 1. The zero-order valence-corrected chi connectivity index (χ0v) is 12.4. The van der Waals surface area contributed by atoms with Gasteiger partial charge in [0.1, 0.15) is 0 Å². The van der Waals surface area contributed by atoms with E-state index in [1.807, 2.05) is 7.05 Å². The average molecular weight is 251 g/mol. The highest BCUT2D eigenvalue weighted by atomic mass is 15.3. The van der Waals surface area contributed by atoms with Crippen molar-refractivity contribution in [3.05, 3.63) is 0 Å². The van der Waals surface area contributed by atoms with E-state index in [0.29, 0.717) is 6.04 Å². The number of nitrogens with zero attached hydrogens (tertiary/aromatic N) is 2. The van der Waals surface area contributed by atoms with Gasteiger partial charge in [-0.15, -0.1) is 0 Å². The van der Waals surface area contributed by atoms with Crippen molar-refractivity contribution in [1.29, 1.82) is 0 Å². The Bertz CT molecular complexity index is 296. The lowest BCUT2D eigenvalue weighted by atomic mass is 9.87. The van der Waals surface area contributed by atoms with Gasteiger partial charge in [0.25, 0.3) is 0 Å². The minimum atomic E-state index is 0.677. The third-order valence-corrected chi connectivity index (χ3v) is 4.88. The van der Waals surface area contributed by atoms with Crippen LogP contribution in [0.2, 0.25) is 0 Å². The summed E-state index contributed by atoms with van der Waals surface area (Å²) in [6.07, 6.45) is 5.29. The SMILES string of the molecule is CCC(CC)C1CCN(C(=NC)NC2CC2C)C1. The van der Waals surface area contributed by atoms with Gasteiger partial charge in [0, 0.05) is 26.2 Å². The lowest BCUT2D eigenvalue weighted by Crippen LogP contribution is -2.41. The highest BCUT2D eigenvalue weighted by molar-refractivity contribution is 5.80. The molecule has 3 unspecified atom stereocenters. The molecule has 1 aliphatic carbocycles. The van der Waals surface area contributed by atoms with Crippen LogP contribution >= 0.6 is 0 Å². The van der Waals surface area contributed by atoms with Gasteiger partial charge >= 0.3 is 0 Å². The summed E-state index contributed by atoms with van der Waals surface area (Å²) in [6, 6.07) is 0.677. The second kappa shape index (κ2) is 5.94. The zero-order chi connectivity index (χ0) is 13.1. The van der Waals surface area contributed by atoms with Gasteiger partial charge in [-0.3, -0.25) is 4.99 Å². The maximum Gasteiger partial charge on any atom is 0.193 e. The molecule has 0 aromatic rings. The first-order chi connectivity index (χ1) is 8.69. The maximum atomic E-state index is 4.46. The summed E-state index contributed by atoms with van der Waals surface area (Å²) in [4.78, 5) is 6.93. The van der Waals surface area contributed by atoms with E-state index in [1.165, 1.54) is 38.8 Å². The van der Waals surface area contributed by atoms with E-state index < -0.39 is 0 Å². The van der Waals surface area contributed by atoms with Crippen molar-refractivity contribution in [3.8, 4) is 0 Å². The third kappa shape index (κ3) is 2.99. The predicted octanol–water partition coefficient (Wildman–Crippen LogP) is 2.73. The summed E-state index contributed by atoms with van der Waals surface area (Å²) >= 11 is 0. The summed E-state index contributed by atoms with van der Waals surface area (Å²) in [5, 5.41) is 3.60. The molecule has 0 bridgehead atoms. The van der Waals surface area contributed by atoms with Crippen molar-refractivity contribution < 1.29 is 0 Å². The van der Waals surface area contributed by atoms with Gasteiger partial charge in [0.05, 0.1) is 0 Å². The summed E-state index contributed by atoms with van der Waals surface area (Å²) in [7, 11) is 1.92. The number of nitrogens with one attached hydrogen (secondary N) is 1. The molecule has 104 valence electrons. The van der Waals surface area contributed by atoms with Crippen molar-refractivity contribution in [2.45, 2.75) is 52.5 Å². The Morgan fingerprint density at radius 3 is 2.56 bits per heavy atom. The average Bonchev–Trinajstić information content (AvgIpc) is 2.88. The van der Waals surface area contributed by atoms with Gasteiger partial charge in [-0.2, -0.15) is 0 Å². The Morgan fingerprint density at radius 2 is 2.06 bits per heavy atom. The van der Waals surface area contributed by atoms with Gasteiger partial charge in [-0.1, -0.05) is 33.6 Å². The molecular weight excluding hydrogens is 222 g/mol. The van der Waals surface area contributed by atoms with Crippen LogP contribution in [-0.4, -0.2) is 37.0 Å². The van der Waals surface area contributed by atoms with Crippen molar-refractivity contribution in [2.75, 3.05) is 20.1 Å². The summed E-state index contributed by atoms with van der Waals surface area (Å²) in [5.41, 5.74) is 0. The molecule has 18 heavy (non-hydrogen) atoms. The lowest BCUT2D eigenvalue weighted by molar-refractivity contribution is 0.319. The molecule has 1 saturated heterocycles. The van der Waals surface area contributed by atoms with Crippen LogP contribution in [0.5, 0.6) is 0 Å². The molecule has 1 aliphatic heterocycles. The third-order valence-electron chi connectivity index (χ3n) is 4.88. The Morgan fingerprint density at radius 1 is 1.39 bits per heavy atom. The van der Waals surface area contributed by atoms with E-state index in [4.69, 9.17) is 0 Å². The molecule has 0 radical (unpaired) electrons.